The topological polar surface area (TPSA) is 88.8 Å². The summed E-state index contributed by atoms with van der Waals surface area (Å²) in [5.74, 6) is 0.512. The fourth-order valence-corrected chi connectivity index (χ4v) is 4.77. The molecule has 1 atom stereocenters. The van der Waals surface area contributed by atoms with Crippen molar-refractivity contribution in [1.29, 1.82) is 0 Å². The lowest BCUT2D eigenvalue weighted by atomic mass is 9.94. The smallest absolute Gasteiger partial charge is 0.244 e. The minimum atomic E-state index is -3.93. The van der Waals surface area contributed by atoms with Crippen LogP contribution in [0.1, 0.15) is 22.5 Å². The summed E-state index contributed by atoms with van der Waals surface area (Å²) in [6.45, 7) is 3.43. The van der Waals surface area contributed by atoms with E-state index in [0.29, 0.717) is 5.56 Å². The van der Waals surface area contributed by atoms with Gasteiger partial charge in [-0.05, 0) is 66.1 Å². The van der Waals surface area contributed by atoms with Crippen LogP contribution in [0, 0.1) is 13.8 Å². The number of aliphatic hydroxyl groups is 1. The predicted molar refractivity (Wildman–Crippen MR) is 104 cm³/mol. The van der Waals surface area contributed by atoms with E-state index in [0.717, 1.165) is 11.1 Å². The molecular formula is C19H21NO5S2. The Labute approximate surface area is 162 Å². The molecule has 0 aliphatic carbocycles. The van der Waals surface area contributed by atoms with Crippen LogP contribution in [0.25, 0.3) is 0 Å². The lowest BCUT2D eigenvalue weighted by Gasteiger charge is -2.26. The number of thiophene rings is 1. The van der Waals surface area contributed by atoms with Crippen molar-refractivity contribution in [2.24, 2.45) is 0 Å². The molecule has 2 N–H and O–H groups in total. The summed E-state index contributed by atoms with van der Waals surface area (Å²) in [6.07, 6.45) is 1.44. The van der Waals surface area contributed by atoms with Crippen LogP contribution in [0.2, 0.25) is 0 Å². The maximum Gasteiger partial charge on any atom is 0.244 e. The van der Waals surface area contributed by atoms with Gasteiger partial charge in [0.05, 0.1) is 19.9 Å². The molecule has 0 saturated carbocycles. The molecule has 3 rings (SSSR count). The number of benzene rings is 1. The van der Waals surface area contributed by atoms with E-state index < -0.39 is 15.6 Å². The molecule has 6 nitrogen and oxygen atoms in total. The quantitative estimate of drug-likeness (QED) is 0.628. The number of ether oxygens (including phenoxy) is 1. The molecule has 0 radical (unpaired) electrons. The number of aryl methyl sites for hydroxylation is 2. The minimum absolute atomic E-state index is 0.0280. The monoisotopic (exact) mass is 407 g/mol. The number of rotatable bonds is 7. The number of hydrogen-bond donors (Lipinski definition) is 2. The molecule has 1 aromatic carbocycles. The Morgan fingerprint density at radius 2 is 2.00 bits per heavy atom. The highest BCUT2D eigenvalue weighted by Gasteiger charge is 2.37. The molecule has 8 heteroatoms. The van der Waals surface area contributed by atoms with Gasteiger partial charge in [0.25, 0.3) is 0 Å². The van der Waals surface area contributed by atoms with Crippen molar-refractivity contribution in [2.75, 3.05) is 13.7 Å². The third kappa shape index (κ3) is 3.79. The van der Waals surface area contributed by atoms with Gasteiger partial charge in [0.15, 0.2) is 5.60 Å². The van der Waals surface area contributed by atoms with Crippen LogP contribution in [0.5, 0.6) is 5.75 Å². The summed E-state index contributed by atoms with van der Waals surface area (Å²) >= 11 is 1.40. The van der Waals surface area contributed by atoms with E-state index in [-0.39, 0.29) is 22.9 Å². The average molecular weight is 408 g/mol. The molecule has 0 unspecified atom stereocenters. The Morgan fingerprint density at radius 1 is 1.26 bits per heavy atom. The molecule has 27 heavy (non-hydrogen) atoms. The zero-order valence-electron chi connectivity index (χ0n) is 15.2. The standard InChI is InChI=1S/C19H21NO5S2/c1-13-9-16(24-3)17(10-14(13)2)27(22,23)20-12-19(21,15-6-8-26-11-15)18-5-4-7-25-18/h4-11,20-21H,12H2,1-3H3/t19-/m0/s1. The number of hydrogen-bond acceptors (Lipinski definition) is 6. The second kappa shape index (κ2) is 7.47. The van der Waals surface area contributed by atoms with Crippen molar-refractivity contribution < 1.29 is 22.7 Å². The van der Waals surface area contributed by atoms with Crippen LogP contribution in [0.3, 0.4) is 0 Å². The maximum absolute atomic E-state index is 12.9. The van der Waals surface area contributed by atoms with E-state index in [9.17, 15) is 13.5 Å². The summed E-state index contributed by atoms with van der Waals surface area (Å²) in [6, 6.07) is 8.24. The number of nitrogens with one attached hydrogen (secondary N) is 1. The Balaban J connectivity index is 1.95. The van der Waals surface area contributed by atoms with Crippen LogP contribution in [0.4, 0.5) is 0 Å². The fraction of sp³-hybridized carbons (Fsp3) is 0.263. The van der Waals surface area contributed by atoms with Crippen LogP contribution in [-0.4, -0.2) is 27.2 Å². The highest BCUT2D eigenvalue weighted by molar-refractivity contribution is 7.89. The van der Waals surface area contributed by atoms with Gasteiger partial charge < -0.3 is 14.3 Å². The summed E-state index contributed by atoms with van der Waals surface area (Å²) in [5.41, 5.74) is 0.687. The Kier molecular flexibility index (Phi) is 5.43. The molecule has 0 amide bonds. The molecule has 2 heterocycles. The number of methoxy groups -OCH3 is 1. The van der Waals surface area contributed by atoms with Gasteiger partial charge in [-0.1, -0.05) is 0 Å². The molecule has 0 aliphatic rings. The van der Waals surface area contributed by atoms with Crippen molar-refractivity contribution in [1.82, 2.24) is 4.72 Å². The SMILES string of the molecule is COc1cc(C)c(C)cc1S(=O)(=O)NC[C@](O)(c1ccsc1)c1ccco1. The second-order valence-corrected chi connectivity index (χ2v) is 8.78. The number of sulfonamides is 1. The lowest BCUT2D eigenvalue weighted by molar-refractivity contribution is 0.0623. The van der Waals surface area contributed by atoms with Crippen molar-refractivity contribution in [3.8, 4) is 5.75 Å². The van der Waals surface area contributed by atoms with Gasteiger partial charge in [0, 0.05) is 5.56 Å². The van der Waals surface area contributed by atoms with Crippen molar-refractivity contribution >= 4 is 21.4 Å². The van der Waals surface area contributed by atoms with Crippen LogP contribution in [-0.2, 0) is 15.6 Å². The lowest BCUT2D eigenvalue weighted by Crippen LogP contribution is -2.41. The average Bonchev–Trinajstić information content (AvgIpc) is 3.35. The first-order valence-electron chi connectivity index (χ1n) is 8.22. The van der Waals surface area contributed by atoms with E-state index in [1.807, 2.05) is 19.2 Å². The largest absolute Gasteiger partial charge is 0.495 e. The molecule has 2 aromatic heterocycles. The molecular weight excluding hydrogens is 386 g/mol. The molecule has 0 fully saturated rings. The maximum atomic E-state index is 12.9. The van der Waals surface area contributed by atoms with Crippen molar-refractivity contribution in [2.45, 2.75) is 24.3 Å². The van der Waals surface area contributed by atoms with Crippen molar-refractivity contribution in [3.05, 3.63) is 69.8 Å². The second-order valence-electron chi connectivity index (χ2n) is 6.26. The highest BCUT2D eigenvalue weighted by atomic mass is 32.2. The zero-order chi connectivity index (χ0) is 19.7. The minimum Gasteiger partial charge on any atom is -0.495 e. The summed E-state index contributed by atoms with van der Waals surface area (Å²) in [4.78, 5) is 0.0280. The zero-order valence-corrected chi connectivity index (χ0v) is 16.9. The van der Waals surface area contributed by atoms with Crippen LogP contribution < -0.4 is 9.46 Å². The third-order valence-corrected chi connectivity index (χ3v) is 6.62. The Hall–Kier alpha value is -2.13. The van der Waals surface area contributed by atoms with Gasteiger partial charge in [0.1, 0.15) is 16.4 Å². The molecule has 0 spiro atoms. The van der Waals surface area contributed by atoms with Crippen molar-refractivity contribution in [3.63, 3.8) is 0 Å². The molecule has 0 aliphatic heterocycles. The van der Waals surface area contributed by atoms with E-state index in [1.165, 1.54) is 24.7 Å². The van der Waals surface area contributed by atoms with E-state index in [2.05, 4.69) is 4.72 Å². The summed E-state index contributed by atoms with van der Waals surface area (Å²) in [5, 5.41) is 14.8. The predicted octanol–water partition coefficient (Wildman–Crippen LogP) is 3.18. The van der Waals surface area contributed by atoms with Gasteiger partial charge in [0.2, 0.25) is 10.0 Å². The van der Waals surface area contributed by atoms with Gasteiger partial charge in [-0.2, -0.15) is 11.3 Å². The normalized spacial score (nSPS) is 14.1. The third-order valence-electron chi connectivity index (χ3n) is 4.52. The first-order chi connectivity index (χ1) is 12.8. The Bertz CT molecular complexity index is 975. The first-order valence-corrected chi connectivity index (χ1v) is 10.6. The first kappa shape index (κ1) is 19.6. The van der Waals surface area contributed by atoms with Gasteiger partial charge in [-0.25, -0.2) is 13.1 Å². The van der Waals surface area contributed by atoms with Crippen LogP contribution in [0.15, 0.2) is 56.7 Å². The summed E-state index contributed by atoms with van der Waals surface area (Å²) in [7, 11) is -2.51. The van der Waals surface area contributed by atoms with Gasteiger partial charge in [-0.15, -0.1) is 0 Å². The number of furan rings is 1. The molecule has 3 aromatic rings. The highest BCUT2D eigenvalue weighted by Crippen LogP contribution is 2.32. The molecule has 0 bridgehead atoms. The fourth-order valence-electron chi connectivity index (χ4n) is 2.76. The summed E-state index contributed by atoms with van der Waals surface area (Å²) < 4.78 is 39.0. The van der Waals surface area contributed by atoms with Gasteiger partial charge >= 0.3 is 0 Å². The Morgan fingerprint density at radius 3 is 2.59 bits per heavy atom. The molecule has 144 valence electrons. The van der Waals surface area contributed by atoms with Gasteiger partial charge in [-0.3, -0.25) is 0 Å². The van der Waals surface area contributed by atoms with E-state index in [1.54, 1.807) is 35.7 Å². The van der Waals surface area contributed by atoms with E-state index >= 15 is 0 Å². The van der Waals surface area contributed by atoms with E-state index in [4.69, 9.17) is 9.15 Å². The molecule has 0 saturated heterocycles. The van der Waals surface area contributed by atoms with Crippen LogP contribution >= 0.6 is 11.3 Å².